The van der Waals surface area contributed by atoms with Crippen LogP contribution in [0.2, 0.25) is 0 Å². The van der Waals surface area contributed by atoms with E-state index in [0.29, 0.717) is 5.69 Å². The molecule has 2 aromatic rings. The van der Waals surface area contributed by atoms with E-state index in [1.165, 1.54) is 29.1 Å². The summed E-state index contributed by atoms with van der Waals surface area (Å²) in [6.07, 6.45) is 2.95. The first kappa shape index (κ1) is 12.3. The monoisotopic (exact) mass is 247 g/mol. The van der Waals surface area contributed by atoms with E-state index in [4.69, 9.17) is 0 Å². The van der Waals surface area contributed by atoms with Crippen LogP contribution in [0, 0.1) is 5.82 Å². The minimum Gasteiger partial charge on any atom is -0.378 e. The number of aromatic nitrogens is 2. The Bertz CT molecular complexity index is 607. The third-order valence-corrected chi connectivity index (χ3v) is 2.36. The highest BCUT2D eigenvalue weighted by Gasteiger charge is 2.09. The quantitative estimate of drug-likeness (QED) is 0.904. The second-order valence-corrected chi connectivity index (χ2v) is 4.20. The minimum absolute atomic E-state index is 0.00917. The summed E-state index contributed by atoms with van der Waals surface area (Å²) in [5.41, 5.74) is 0.112. The Balaban J connectivity index is 2.53. The van der Waals surface area contributed by atoms with Gasteiger partial charge in [0.25, 0.3) is 5.56 Å². The maximum absolute atomic E-state index is 13.6. The van der Waals surface area contributed by atoms with Gasteiger partial charge in [0.05, 0.1) is 0 Å². The lowest BCUT2D eigenvalue weighted by Gasteiger charge is -2.11. The van der Waals surface area contributed by atoms with Crippen LogP contribution in [0.15, 0.2) is 41.5 Å². The molecule has 94 valence electrons. The van der Waals surface area contributed by atoms with E-state index in [-0.39, 0.29) is 17.4 Å². The van der Waals surface area contributed by atoms with Gasteiger partial charge in [0.1, 0.15) is 5.69 Å². The van der Waals surface area contributed by atoms with Gasteiger partial charge >= 0.3 is 0 Å². The molecule has 18 heavy (non-hydrogen) atoms. The maximum atomic E-state index is 13.6. The highest BCUT2D eigenvalue weighted by Crippen LogP contribution is 2.09. The molecule has 0 atom stereocenters. The van der Waals surface area contributed by atoms with Crippen LogP contribution >= 0.6 is 0 Å². The number of anilines is 1. The molecule has 0 amide bonds. The molecular formula is C13H14FN3O. The number of rotatable bonds is 3. The molecule has 0 aliphatic heterocycles. The lowest BCUT2D eigenvalue weighted by molar-refractivity contribution is 0.607. The lowest BCUT2D eigenvalue weighted by atomic mass is 10.3. The van der Waals surface area contributed by atoms with Crippen molar-refractivity contribution in [2.45, 2.75) is 19.9 Å². The summed E-state index contributed by atoms with van der Waals surface area (Å²) < 4.78 is 14.8. The van der Waals surface area contributed by atoms with Crippen molar-refractivity contribution in [3.05, 3.63) is 52.8 Å². The number of nitrogens with zero attached hydrogens (tertiary/aromatic N) is 2. The van der Waals surface area contributed by atoms with Crippen molar-refractivity contribution in [1.82, 2.24) is 9.55 Å². The van der Waals surface area contributed by atoms with Crippen LogP contribution in [0.1, 0.15) is 13.8 Å². The Morgan fingerprint density at radius 3 is 2.78 bits per heavy atom. The fourth-order valence-electron chi connectivity index (χ4n) is 1.64. The van der Waals surface area contributed by atoms with E-state index >= 15 is 0 Å². The number of pyridine rings is 2. The normalized spacial score (nSPS) is 10.7. The molecule has 0 fully saturated rings. The number of halogens is 1. The van der Waals surface area contributed by atoms with Gasteiger partial charge in [-0.05, 0) is 38.1 Å². The topological polar surface area (TPSA) is 46.9 Å². The van der Waals surface area contributed by atoms with Gasteiger partial charge in [0, 0.05) is 18.4 Å². The molecule has 4 nitrogen and oxygen atoms in total. The molecular weight excluding hydrogens is 233 g/mol. The summed E-state index contributed by atoms with van der Waals surface area (Å²) in [5.74, 6) is -0.517. The Hall–Kier alpha value is -2.17. The first-order valence-corrected chi connectivity index (χ1v) is 5.68. The first-order valence-electron chi connectivity index (χ1n) is 5.68. The smallest absolute Gasteiger partial charge is 0.279 e. The van der Waals surface area contributed by atoms with E-state index < -0.39 is 5.82 Å². The van der Waals surface area contributed by atoms with Gasteiger partial charge in [-0.1, -0.05) is 0 Å². The van der Waals surface area contributed by atoms with Crippen LogP contribution in [0.3, 0.4) is 0 Å². The molecule has 0 aliphatic rings. The summed E-state index contributed by atoms with van der Waals surface area (Å²) in [6.45, 7) is 3.86. The molecule has 0 radical (unpaired) electrons. The Morgan fingerprint density at radius 1 is 1.33 bits per heavy atom. The Morgan fingerprint density at radius 2 is 2.11 bits per heavy atom. The Labute approximate surface area is 104 Å². The van der Waals surface area contributed by atoms with Crippen LogP contribution < -0.4 is 10.9 Å². The molecule has 2 aromatic heterocycles. The molecule has 0 bridgehead atoms. The standard InChI is InChI=1S/C13H14FN3O/c1-9(2)16-11-6-4-8-17(13(11)18)12-10(14)5-3-7-15-12/h3-9,16H,1-2H3. The van der Waals surface area contributed by atoms with Crippen LogP contribution in [0.25, 0.3) is 5.82 Å². The van der Waals surface area contributed by atoms with Crippen molar-refractivity contribution in [3.8, 4) is 5.82 Å². The zero-order valence-corrected chi connectivity index (χ0v) is 10.2. The molecule has 0 aliphatic carbocycles. The van der Waals surface area contributed by atoms with Gasteiger partial charge in [-0.3, -0.25) is 9.36 Å². The summed E-state index contributed by atoms with van der Waals surface area (Å²) in [5, 5.41) is 3.02. The fourth-order valence-corrected chi connectivity index (χ4v) is 1.64. The van der Waals surface area contributed by atoms with Gasteiger partial charge in [0.2, 0.25) is 0 Å². The van der Waals surface area contributed by atoms with E-state index in [1.54, 1.807) is 12.1 Å². The zero-order valence-electron chi connectivity index (χ0n) is 10.2. The van der Waals surface area contributed by atoms with Gasteiger partial charge in [-0.25, -0.2) is 9.37 Å². The van der Waals surface area contributed by atoms with Gasteiger partial charge in [-0.15, -0.1) is 0 Å². The molecule has 1 N–H and O–H groups in total. The SMILES string of the molecule is CC(C)Nc1cccn(-c2ncccc2F)c1=O. The average molecular weight is 247 g/mol. The Kier molecular flexibility index (Phi) is 3.41. The molecule has 2 rings (SSSR count). The fraction of sp³-hybridized carbons (Fsp3) is 0.231. The molecule has 5 heteroatoms. The van der Waals surface area contributed by atoms with Crippen molar-refractivity contribution >= 4 is 5.69 Å². The van der Waals surface area contributed by atoms with Crippen molar-refractivity contribution in [2.24, 2.45) is 0 Å². The summed E-state index contributed by atoms with van der Waals surface area (Å²) in [6, 6.07) is 6.24. The molecule has 0 saturated heterocycles. The van der Waals surface area contributed by atoms with Crippen LogP contribution in [-0.2, 0) is 0 Å². The third-order valence-electron chi connectivity index (χ3n) is 2.36. The van der Waals surface area contributed by atoms with E-state index in [0.717, 1.165) is 0 Å². The summed E-state index contributed by atoms with van der Waals surface area (Å²) in [7, 11) is 0. The largest absolute Gasteiger partial charge is 0.378 e. The van der Waals surface area contributed by atoms with Crippen LogP contribution in [0.5, 0.6) is 0 Å². The predicted octanol–water partition coefficient (Wildman–Crippen LogP) is 2.19. The van der Waals surface area contributed by atoms with Gasteiger partial charge in [0.15, 0.2) is 11.6 Å². The minimum atomic E-state index is -0.527. The highest BCUT2D eigenvalue weighted by molar-refractivity contribution is 5.43. The zero-order chi connectivity index (χ0) is 13.1. The molecule has 0 saturated carbocycles. The first-order chi connectivity index (χ1) is 8.59. The second kappa shape index (κ2) is 5.00. The molecule has 0 aromatic carbocycles. The van der Waals surface area contributed by atoms with Gasteiger partial charge < -0.3 is 5.32 Å². The van der Waals surface area contributed by atoms with Crippen LogP contribution in [-0.4, -0.2) is 15.6 Å². The second-order valence-electron chi connectivity index (χ2n) is 4.20. The molecule has 2 heterocycles. The predicted molar refractivity (Wildman–Crippen MR) is 68.6 cm³/mol. The average Bonchev–Trinajstić information content (AvgIpc) is 2.32. The van der Waals surface area contributed by atoms with E-state index in [1.807, 2.05) is 13.8 Å². The van der Waals surface area contributed by atoms with Crippen molar-refractivity contribution in [3.63, 3.8) is 0 Å². The van der Waals surface area contributed by atoms with Gasteiger partial charge in [-0.2, -0.15) is 0 Å². The lowest BCUT2D eigenvalue weighted by Crippen LogP contribution is -2.25. The maximum Gasteiger partial charge on any atom is 0.279 e. The third kappa shape index (κ3) is 2.40. The van der Waals surface area contributed by atoms with E-state index in [2.05, 4.69) is 10.3 Å². The van der Waals surface area contributed by atoms with Crippen LogP contribution in [0.4, 0.5) is 10.1 Å². The summed E-state index contributed by atoms with van der Waals surface area (Å²) >= 11 is 0. The van der Waals surface area contributed by atoms with Crippen molar-refractivity contribution in [1.29, 1.82) is 0 Å². The van der Waals surface area contributed by atoms with E-state index in [9.17, 15) is 9.18 Å². The number of nitrogens with one attached hydrogen (secondary N) is 1. The van der Waals surface area contributed by atoms with Crippen molar-refractivity contribution in [2.75, 3.05) is 5.32 Å². The summed E-state index contributed by atoms with van der Waals surface area (Å²) in [4.78, 5) is 16.0. The number of hydrogen-bond donors (Lipinski definition) is 1. The molecule has 0 spiro atoms. The molecule has 0 unspecified atom stereocenters. The van der Waals surface area contributed by atoms with Crippen molar-refractivity contribution < 1.29 is 4.39 Å². The highest BCUT2D eigenvalue weighted by atomic mass is 19.1. The number of hydrogen-bond acceptors (Lipinski definition) is 3.